The molecule has 0 spiro atoms. The van der Waals surface area contributed by atoms with E-state index in [2.05, 4.69) is 31.0 Å². The third kappa shape index (κ3) is 2.74. The first-order chi connectivity index (χ1) is 13.6. The fourth-order valence-corrected chi connectivity index (χ4v) is 3.30. The Morgan fingerprint density at radius 3 is 3.11 bits per heavy atom. The van der Waals surface area contributed by atoms with E-state index in [-0.39, 0.29) is 11.9 Å². The summed E-state index contributed by atoms with van der Waals surface area (Å²) in [5.41, 5.74) is 4.26. The Hall–Kier alpha value is -3.53. The SMILES string of the molecule is C[C@@H]1COCc2cc(c3nnn(C)c3c2)Nc2ccn3ncc(c3n2)C(=O)N1. The molecule has 1 aromatic carbocycles. The average molecular weight is 378 g/mol. The van der Waals surface area contributed by atoms with Gasteiger partial charge in [-0.3, -0.25) is 4.79 Å². The number of aryl methyl sites for hydroxylation is 1. The van der Waals surface area contributed by atoms with E-state index >= 15 is 0 Å². The molecule has 5 rings (SSSR count). The van der Waals surface area contributed by atoms with Gasteiger partial charge >= 0.3 is 0 Å². The van der Waals surface area contributed by atoms with Crippen molar-refractivity contribution in [3.63, 3.8) is 0 Å². The Balaban J connectivity index is 1.68. The van der Waals surface area contributed by atoms with Gasteiger partial charge in [-0.2, -0.15) is 5.10 Å². The monoisotopic (exact) mass is 378 g/mol. The van der Waals surface area contributed by atoms with Crippen LogP contribution in [0.5, 0.6) is 0 Å². The highest BCUT2D eigenvalue weighted by atomic mass is 16.5. The van der Waals surface area contributed by atoms with Gasteiger partial charge in [0.25, 0.3) is 5.91 Å². The fraction of sp³-hybridized carbons (Fsp3) is 0.278. The Labute approximate surface area is 159 Å². The van der Waals surface area contributed by atoms with Crippen LogP contribution in [-0.4, -0.2) is 48.1 Å². The number of hydrogen-bond acceptors (Lipinski definition) is 7. The zero-order valence-corrected chi connectivity index (χ0v) is 15.4. The number of benzene rings is 1. The normalized spacial score (nSPS) is 17.5. The number of amides is 1. The Kier molecular flexibility index (Phi) is 3.72. The number of carbonyl (C=O) groups excluding carboxylic acids is 1. The van der Waals surface area contributed by atoms with Gasteiger partial charge in [0.1, 0.15) is 16.9 Å². The molecule has 10 heteroatoms. The van der Waals surface area contributed by atoms with Crippen molar-refractivity contribution in [1.29, 1.82) is 0 Å². The second-order valence-electron chi connectivity index (χ2n) is 6.88. The van der Waals surface area contributed by atoms with E-state index in [1.807, 2.05) is 26.1 Å². The standard InChI is InChI=1S/C18H18N8O2/c1-10-8-28-9-11-5-13(16-14(6-11)25(2)24-23-16)21-15-3-4-26-17(22-15)12(7-19-26)18(27)20-10/h3-7,10H,8-9H2,1-2H3,(H,20,27)(H,21,22)/t10-/m1/s1. The van der Waals surface area contributed by atoms with Crippen LogP contribution in [0.3, 0.4) is 0 Å². The summed E-state index contributed by atoms with van der Waals surface area (Å²) in [6, 6.07) is 5.62. The van der Waals surface area contributed by atoms with Gasteiger partial charge in [-0.05, 0) is 30.7 Å². The molecule has 142 valence electrons. The lowest BCUT2D eigenvalue weighted by molar-refractivity contribution is 0.0821. The van der Waals surface area contributed by atoms with Crippen LogP contribution in [0.15, 0.2) is 30.6 Å². The maximum Gasteiger partial charge on any atom is 0.257 e. The maximum atomic E-state index is 12.6. The molecular weight excluding hydrogens is 360 g/mol. The number of aromatic nitrogens is 6. The molecule has 0 saturated heterocycles. The van der Waals surface area contributed by atoms with Crippen molar-refractivity contribution < 1.29 is 9.53 Å². The fourth-order valence-electron chi connectivity index (χ4n) is 3.30. The maximum absolute atomic E-state index is 12.6. The van der Waals surface area contributed by atoms with Crippen LogP contribution in [0, 0.1) is 0 Å². The average Bonchev–Trinajstić information content (AvgIpc) is 3.25. The van der Waals surface area contributed by atoms with Crippen LogP contribution in [0.1, 0.15) is 22.8 Å². The number of nitrogens with zero attached hydrogens (tertiary/aromatic N) is 6. The van der Waals surface area contributed by atoms with Crippen LogP contribution >= 0.6 is 0 Å². The second kappa shape index (κ2) is 6.27. The van der Waals surface area contributed by atoms with Crippen molar-refractivity contribution in [1.82, 2.24) is 34.9 Å². The summed E-state index contributed by atoms with van der Waals surface area (Å²) in [7, 11) is 1.85. The van der Waals surface area contributed by atoms with Crippen LogP contribution in [-0.2, 0) is 18.4 Å². The van der Waals surface area contributed by atoms with Crippen LogP contribution < -0.4 is 10.6 Å². The van der Waals surface area contributed by atoms with E-state index in [1.165, 1.54) is 6.20 Å². The lowest BCUT2D eigenvalue weighted by Gasteiger charge is -2.15. The molecule has 0 aliphatic carbocycles. The predicted molar refractivity (Wildman–Crippen MR) is 101 cm³/mol. The molecule has 1 atom stereocenters. The Bertz CT molecular complexity index is 1210. The number of hydrogen-bond donors (Lipinski definition) is 2. The smallest absolute Gasteiger partial charge is 0.257 e. The second-order valence-corrected chi connectivity index (χ2v) is 6.88. The van der Waals surface area contributed by atoms with Crippen molar-refractivity contribution in [3.8, 4) is 0 Å². The van der Waals surface area contributed by atoms with Crippen molar-refractivity contribution in [2.24, 2.45) is 7.05 Å². The summed E-state index contributed by atoms with van der Waals surface area (Å²) in [6.45, 7) is 2.69. The van der Waals surface area contributed by atoms with Crippen molar-refractivity contribution in [3.05, 3.63) is 41.7 Å². The minimum absolute atomic E-state index is 0.159. The molecular formula is C18H18N8O2. The van der Waals surface area contributed by atoms with Crippen LogP contribution in [0.2, 0.25) is 0 Å². The molecule has 0 unspecified atom stereocenters. The largest absolute Gasteiger partial charge is 0.375 e. The number of rotatable bonds is 0. The molecule has 3 aromatic heterocycles. The molecule has 1 amide bonds. The quantitative estimate of drug-likeness (QED) is 0.476. The van der Waals surface area contributed by atoms with E-state index < -0.39 is 0 Å². The summed E-state index contributed by atoms with van der Waals surface area (Å²) in [6.07, 6.45) is 3.28. The summed E-state index contributed by atoms with van der Waals surface area (Å²) in [5.74, 6) is 0.347. The van der Waals surface area contributed by atoms with E-state index in [0.29, 0.717) is 30.2 Å². The van der Waals surface area contributed by atoms with Crippen molar-refractivity contribution >= 4 is 34.1 Å². The first-order valence-electron chi connectivity index (χ1n) is 8.91. The summed E-state index contributed by atoms with van der Waals surface area (Å²) in [5, 5.41) is 18.8. The molecule has 2 N–H and O–H groups in total. The topological polar surface area (TPSA) is 111 Å². The predicted octanol–water partition coefficient (Wildman–Crippen LogP) is 1.40. The van der Waals surface area contributed by atoms with Crippen LogP contribution in [0.25, 0.3) is 16.7 Å². The molecule has 28 heavy (non-hydrogen) atoms. The Morgan fingerprint density at radius 1 is 1.32 bits per heavy atom. The molecule has 10 nitrogen and oxygen atoms in total. The summed E-state index contributed by atoms with van der Waals surface area (Å²) < 4.78 is 9.11. The molecule has 4 heterocycles. The highest BCUT2D eigenvalue weighted by Crippen LogP contribution is 2.27. The van der Waals surface area contributed by atoms with E-state index in [4.69, 9.17) is 4.74 Å². The number of fused-ring (bicyclic) bond motifs is 5. The van der Waals surface area contributed by atoms with Gasteiger partial charge in [-0.1, -0.05) is 5.21 Å². The van der Waals surface area contributed by atoms with Gasteiger partial charge < -0.3 is 15.4 Å². The highest BCUT2D eigenvalue weighted by molar-refractivity contribution is 6.00. The first-order valence-corrected chi connectivity index (χ1v) is 8.91. The molecule has 4 bridgehead atoms. The molecule has 0 saturated carbocycles. The Morgan fingerprint density at radius 2 is 2.21 bits per heavy atom. The third-order valence-corrected chi connectivity index (χ3v) is 4.67. The first kappa shape index (κ1) is 16.6. The minimum Gasteiger partial charge on any atom is -0.375 e. The highest BCUT2D eigenvalue weighted by Gasteiger charge is 2.18. The van der Waals surface area contributed by atoms with Crippen LogP contribution in [0.4, 0.5) is 11.5 Å². The third-order valence-electron chi connectivity index (χ3n) is 4.67. The van der Waals surface area contributed by atoms with E-state index in [0.717, 1.165) is 22.3 Å². The number of ether oxygens (including phenoxy) is 1. The van der Waals surface area contributed by atoms with Gasteiger partial charge in [-0.15, -0.1) is 5.10 Å². The van der Waals surface area contributed by atoms with Gasteiger partial charge in [0.15, 0.2) is 5.65 Å². The van der Waals surface area contributed by atoms with E-state index in [1.54, 1.807) is 21.5 Å². The van der Waals surface area contributed by atoms with E-state index in [9.17, 15) is 4.79 Å². The zero-order chi connectivity index (χ0) is 19.3. The van der Waals surface area contributed by atoms with Gasteiger partial charge in [0, 0.05) is 19.3 Å². The number of nitrogens with one attached hydrogen (secondary N) is 2. The van der Waals surface area contributed by atoms with Crippen molar-refractivity contribution in [2.45, 2.75) is 19.6 Å². The molecule has 1 aliphatic heterocycles. The van der Waals surface area contributed by atoms with Gasteiger partial charge in [-0.25, -0.2) is 14.2 Å². The molecule has 4 aromatic rings. The molecule has 0 fully saturated rings. The number of carbonyl (C=O) groups is 1. The molecule has 0 radical (unpaired) electrons. The summed E-state index contributed by atoms with van der Waals surface area (Å²) in [4.78, 5) is 17.2. The summed E-state index contributed by atoms with van der Waals surface area (Å²) >= 11 is 0. The van der Waals surface area contributed by atoms with Crippen molar-refractivity contribution in [2.75, 3.05) is 11.9 Å². The zero-order valence-electron chi connectivity index (χ0n) is 15.4. The van der Waals surface area contributed by atoms with Gasteiger partial charge in [0.2, 0.25) is 0 Å². The van der Waals surface area contributed by atoms with Gasteiger partial charge in [0.05, 0.1) is 30.6 Å². The lowest BCUT2D eigenvalue weighted by atomic mass is 10.1. The molecule has 1 aliphatic rings. The lowest BCUT2D eigenvalue weighted by Crippen LogP contribution is -2.35. The number of anilines is 2. The minimum atomic E-state index is -0.234.